The van der Waals surface area contributed by atoms with Crippen molar-refractivity contribution in [3.8, 4) is 0 Å². The lowest BCUT2D eigenvalue weighted by Crippen LogP contribution is -2.43. The van der Waals surface area contributed by atoms with Crippen LogP contribution in [0, 0.1) is 0 Å². The second-order valence-corrected chi connectivity index (χ2v) is 8.85. The summed E-state index contributed by atoms with van der Waals surface area (Å²) in [7, 11) is 0. The second kappa shape index (κ2) is 21.8. The van der Waals surface area contributed by atoms with E-state index in [1.54, 1.807) is 0 Å². The molecular formula is C25H46O9. The second-order valence-electron chi connectivity index (χ2n) is 8.85. The van der Waals surface area contributed by atoms with Crippen LogP contribution in [0.3, 0.4) is 0 Å². The Kier molecular flexibility index (Phi) is 20.7. The SMILES string of the molecule is CCCCCCCCCCCCCCCCCC(=O)OCC(CO)OC(=O)C(O)C(O)C(=O)O. The van der Waals surface area contributed by atoms with Gasteiger partial charge in [-0.15, -0.1) is 0 Å². The van der Waals surface area contributed by atoms with Crippen molar-refractivity contribution in [3.63, 3.8) is 0 Å². The molecule has 3 atom stereocenters. The number of carbonyl (C=O) groups is 3. The number of carbonyl (C=O) groups excluding carboxylic acids is 2. The zero-order valence-corrected chi connectivity index (χ0v) is 20.8. The van der Waals surface area contributed by atoms with Crippen LogP contribution in [-0.4, -0.2) is 69.9 Å². The molecule has 0 saturated carbocycles. The molecule has 0 aromatic rings. The van der Waals surface area contributed by atoms with Gasteiger partial charge in [-0.05, 0) is 6.42 Å². The minimum Gasteiger partial charge on any atom is -0.479 e. The summed E-state index contributed by atoms with van der Waals surface area (Å²) in [4.78, 5) is 33.9. The highest BCUT2D eigenvalue weighted by atomic mass is 16.6. The molecule has 0 bridgehead atoms. The molecular weight excluding hydrogens is 444 g/mol. The summed E-state index contributed by atoms with van der Waals surface area (Å²) in [6, 6.07) is 0. The molecule has 0 aliphatic carbocycles. The third-order valence-corrected chi connectivity index (χ3v) is 5.69. The van der Waals surface area contributed by atoms with Crippen LogP contribution < -0.4 is 0 Å². The average molecular weight is 491 g/mol. The molecule has 0 saturated heterocycles. The zero-order chi connectivity index (χ0) is 25.6. The molecule has 0 radical (unpaired) electrons. The van der Waals surface area contributed by atoms with Gasteiger partial charge in [0.05, 0.1) is 6.61 Å². The van der Waals surface area contributed by atoms with Gasteiger partial charge in [0.15, 0.2) is 18.3 Å². The molecule has 0 amide bonds. The van der Waals surface area contributed by atoms with Crippen LogP contribution in [-0.2, 0) is 23.9 Å². The summed E-state index contributed by atoms with van der Waals surface area (Å²) in [5.74, 6) is -3.71. The Hall–Kier alpha value is -1.71. The first-order valence-corrected chi connectivity index (χ1v) is 12.9. The van der Waals surface area contributed by atoms with E-state index in [2.05, 4.69) is 11.7 Å². The van der Waals surface area contributed by atoms with Crippen molar-refractivity contribution in [1.82, 2.24) is 0 Å². The van der Waals surface area contributed by atoms with Gasteiger partial charge >= 0.3 is 17.9 Å². The number of aliphatic carboxylic acids is 1. The maximum absolute atomic E-state index is 11.8. The highest BCUT2D eigenvalue weighted by Gasteiger charge is 2.33. The van der Waals surface area contributed by atoms with Crippen LogP contribution in [0.4, 0.5) is 0 Å². The van der Waals surface area contributed by atoms with Crippen molar-refractivity contribution in [2.45, 2.75) is 128 Å². The van der Waals surface area contributed by atoms with E-state index in [-0.39, 0.29) is 6.42 Å². The Morgan fingerprint density at radius 3 is 1.56 bits per heavy atom. The van der Waals surface area contributed by atoms with E-state index in [9.17, 15) is 24.6 Å². The first-order valence-electron chi connectivity index (χ1n) is 12.9. The summed E-state index contributed by atoms with van der Waals surface area (Å²) in [6.45, 7) is 1.13. The lowest BCUT2D eigenvalue weighted by molar-refractivity contribution is -0.178. The Labute approximate surface area is 203 Å². The lowest BCUT2D eigenvalue weighted by atomic mass is 10.0. The van der Waals surface area contributed by atoms with Crippen LogP contribution in [0.1, 0.15) is 110 Å². The molecule has 200 valence electrons. The van der Waals surface area contributed by atoms with Crippen molar-refractivity contribution in [2.24, 2.45) is 0 Å². The monoisotopic (exact) mass is 490 g/mol. The number of rotatable bonds is 23. The number of hydrogen-bond acceptors (Lipinski definition) is 8. The van der Waals surface area contributed by atoms with Gasteiger partial charge in [0.2, 0.25) is 0 Å². The van der Waals surface area contributed by atoms with E-state index in [0.29, 0.717) is 6.42 Å². The number of carboxylic acids is 1. The summed E-state index contributed by atoms with van der Waals surface area (Å²) in [6.07, 6.45) is 12.7. The molecule has 0 fully saturated rings. The molecule has 0 heterocycles. The molecule has 4 N–H and O–H groups in total. The normalized spacial score (nSPS) is 13.8. The molecule has 0 aromatic heterocycles. The van der Waals surface area contributed by atoms with E-state index in [0.717, 1.165) is 19.3 Å². The first-order chi connectivity index (χ1) is 16.3. The fourth-order valence-corrected chi connectivity index (χ4v) is 3.52. The smallest absolute Gasteiger partial charge is 0.338 e. The highest BCUT2D eigenvalue weighted by Crippen LogP contribution is 2.14. The quantitative estimate of drug-likeness (QED) is 0.125. The Morgan fingerprint density at radius 2 is 1.15 bits per heavy atom. The van der Waals surface area contributed by atoms with Crippen molar-refractivity contribution < 1.29 is 44.3 Å². The van der Waals surface area contributed by atoms with Gasteiger partial charge in [-0.2, -0.15) is 0 Å². The number of aliphatic hydroxyl groups excluding tert-OH is 3. The fourth-order valence-electron chi connectivity index (χ4n) is 3.52. The number of aliphatic hydroxyl groups is 3. The highest BCUT2D eigenvalue weighted by molar-refractivity contribution is 5.84. The Morgan fingerprint density at radius 1 is 0.706 bits per heavy atom. The Bertz CT molecular complexity index is 538. The minimum atomic E-state index is -2.35. The van der Waals surface area contributed by atoms with Gasteiger partial charge in [-0.1, -0.05) is 96.8 Å². The molecule has 3 unspecified atom stereocenters. The number of hydrogen-bond donors (Lipinski definition) is 4. The third kappa shape index (κ3) is 17.7. The summed E-state index contributed by atoms with van der Waals surface area (Å²) in [5.41, 5.74) is 0. The topological polar surface area (TPSA) is 151 Å². The molecule has 0 aromatic carbocycles. The maximum atomic E-state index is 11.8. The standard InChI is InChI=1S/C25H46O9/c1-2-3-4-5-6-7-8-9-10-11-12-13-14-15-16-17-21(27)33-19-20(18-26)34-25(32)23(29)22(28)24(30)31/h20,22-23,26,28-29H,2-19H2,1H3,(H,30,31). The van der Waals surface area contributed by atoms with Gasteiger partial charge in [0, 0.05) is 6.42 Å². The third-order valence-electron chi connectivity index (χ3n) is 5.69. The van der Waals surface area contributed by atoms with Crippen molar-refractivity contribution in [2.75, 3.05) is 13.2 Å². The van der Waals surface area contributed by atoms with Crippen LogP contribution in [0.25, 0.3) is 0 Å². The van der Waals surface area contributed by atoms with Gasteiger partial charge < -0.3 is 29.9 Å². The summed E-state index contributed by atoms with van der Waals surface area (Å²) >= 11 is 0. The van der Waals surface area contributed by atoms with E-state index in [1.165, 1.54) is 70.6 Å². The van der Waals surface area contributed by atoms with Gasteiger partial charge in [0.1, 0.15) is 6.61 Å². The number of unbranched alkanes of at least 4 members (excludes halogenated alkanes) is 14. The summed E-state index contributed by atoms with van der Waals surface area (Å²) in [5, 5.41) is 36.3. The van der Waals surface area contributed by atoms with Crippen molar-refractivity contribution in [1.29, 1.82) is 0 Å². The molecule has 0 aliphatic heterocycles. The minimum absolute atomic E-state index is 0.213. The van der Waals surface area contributed by atoms with Crippen molar-refractivity contribution in [3.05, 3.63) is 0 Å². The Balaban J connectivity index is 3.65. The van der Waals surface area contributed by atoms with E-state index in [4.69, 9.17) is 14.9 Å². The van der Waals surface area contributed by atoms with Gasteiger partial charge in [-0.25, -0.2) is 9.59 Å². The van der Waals surface area contributed by atoms with Crippen LogP contribution >= 0.6 is 0 Å². The lowest BCUT2D eigenvalue weighted by Gasteiger charge is -2.19. The fraction of sp³-hybridized carbons (Fsp3) is 0.880. The predicted molar refractivity (Wildman–Crippen MR) is 127 cm³/mol. The zero-order valence-electron chi connectivity index (χ0n) is 20.8. The molecule has 34 heavy (non-hydrogen) atoms. The van der Waals surface area contributed by atoms with Crippen molar-refractivity contribution >= 4 is 17.9 Å². The molecule has 9 heteroatoms. The van der Waals surface area contributed by atoms with E-state index < -0.39 is 49.4 Å². The number of esters is 2. The first kappa shape index (κ1) is 32.3. The molecule has 9 nitrogen and oxygen atoms in total. The predicted octanol–water partition coefficient (Wildman–Crippen LogP) is 3.50. The maximum Gasteiger partial charge on any atom is 0.338 e. The largest absolute Gasteiger partial charge is 0.479 e. The van der Waals surface area contributed by atoms with Crippen LogP contribution in [0.2, 0.25) is 0 Å². The number of carboxylic acid groups (broad SMARTS) is 1. The van der Waals surface area contributed by atoms with E-state index in [1.807, 2.05) is 0 Å². The number of ether oxygens (including phenoxy) is 2. The van der Waals surface area contributed by atoms with E-state index >= 15 is 0 Å². The molecule has 0 aliphatic rings. The van der Waals surface area contributed by atoms with Crippen LogP contribution in [0.5, 0.6) is 0 Å². The average Bonchev–Trinajstić information content (AvgIpc) is 2.82. The van der Waals surface area contributed by atoms with Gasteiger partial charge in [0.25, 0.3) is 0 Å². The molecule has 0 spiro atoms. The van der Waals surface area contributed by atoms with Gasteiger partial charge in [-0.3, -0.25) is 4.79 Å². The summed E-state index contributed by atoms with van der Waals surface area (Å²) < 4.78 is 9.64. The molecule has 0 rings (SSSR count). The van der Waals surface area contributed by atoms with Crippen LogP contribution in [0.15, 0.2) is 0 Å².